The molecule has 1 saturated heterocycles. The number of ether oxygens (including phenoxy) is 1. The zero-order valence-electron chi connectivity index (χ0n) is 17.3. The lowest BCUT2D eigenvalue weighted by Crippen LogP contribution is -2.40. The molecule has 7 nitrogen and oxygen atoms in total. The van der Waals surface area contributed by atoms with Gasteiger partial charge in [0.15, 0.2) is 0 Å². The zero-order valence-corrected chi connectivity index (χ0v) is 18.8. The third-order valence-electron chi connectivity index (χ3n) is 5.00. The van der Waals surface area contributed by atoms with Crippen molar-refractivity contribution >= 4 is 27.5 Å². The standard InChI is InChI=1S/C22H24ClN3O4S/c1-2-9-25(16-18-5-3-17(15-24)4-6-18)22(27)19-7-8-20(23)21(14-19)31(28,29)26-10-12-30-13-11-26/h3-8,14H,2,9-13,16H2,1H3. The van der Waals surface area contributed by atoms with Crippen LogP contribution in [-0.4, -0.2) is 56.4 Å². The Balaban J connectivity index is 1.88. The monoisotopic (exact) mass is 461 g/mol. The Hall–Kier alpha value is -2.44. The summed E-state index contributed by atoms with van der Waals surface area (Å²) < 4.78 is 32.7. The lowest BCUT2D eigenvalue weighted by molar-refractivity contribution is 0.0729. The van der Waals surface area contributed by atoms with Crippen LogP contribution in [0, 0.1) is 11.3 Å². The van der Waals surface area contributed by atoms with Crippen molar-refractivity contribution in [3.05, 3.63) is 64.2 Å². The topological polar surface area (TPSA) is 90.7 Å². The minimum atomic E-state index is -3.83. The van der Waals surface area contributed by atoms with Gasteiger partial charge in [-0.2, -0.15) is 9.57 Å². The van der Waals surface area contributed by atoms with Crippen LogP contribution < -0.4 is 0 Å². The highest BCUT2D eigenvalue weighted by molar-refractivity contribution is 7.89. The summed E-state index contributed by atoms with van der Waals surface area (Å²) in [5.74, 6) is -0.277. The lowest BCUT2D eigenvalue weighted by Gasteiger charge is -2.27. The van der Waals surface area contributed by atoms with Crippen LogP contribution in [0.25, 0.3) is 0 Å². The number of benzene rings is 2. The minimum Gasteiger partial charge on any atom is -0.379 e. The third-order valence-corrected chi connectivity index (χ3v) is 7.38. The van der Waals surface area contributed by atoms with E-state index in [2.05, 4.69) is 6.07 Å². The van der Waals surface area contributed by atoms with Gasteiger partial charge in [0.25, 0.3) is 5.91 Å². The first-order chi connectivity index (χ1) is 14.9. The van der Waals surface area contributed by atoms with Crippen LogP contribution in [0.2, 0.25) is 5.02 Å². The maximum absolute atomic E-state index is 13.2. The van der Waals surface area contributed by atoms with Crippen molar-refractivity contribution < 1.29 is 17.9 Å². The van der Waals surface area contributed by atoms with Crippen molar-refractivity contribution in [3.8, 4) is 6.07 Å². The van der Waals surface area contributed by atoms with Crippen LogP contribution in [0.5, 0.6) is 0 Å². The quantitative estimate of drug-likeness (QED) is 0.631. The smallest absolute Gasteiger partial charge is 0.254 e. The highest BCUT2D eigenvalue weighted by Crippen LogP contribution is 2.27. The van der Waals surface area contributed by atoms with Crippen molar-refractivity contribution in [1.29, 1.82) is 5.26 Å². The number of carbonyl (C=O) groups is 1. The molecule has 1 amide bonds. The van der Waals surface area contributed by atoms with E-state index in [0.29, 0.717) is 31.9 Å². The summed E-state index contributed by atoms with van der Waals surface area (Å²) in [6.45, 7) is 3.97. The summed E-state index contributed by atoms with van der Waals surface area (Å²) in [6, 6.07) is 13.5. The summed E-state index contributed by atoms with van der Waals surface area (Å²) in [7, 11) is -3.83. The summed E-state index contributed by atoms with van der Waals surface area (Å²) >= 11 is 6.22. The number of hydrogen-bond donors (Lipinski definition) is 0. The maximum atomic E-state index is 13.2. The molecule has 0 spiro atoms. The van der Waals surface area contributed by atoms with E-state index in [1.165, 1.54) is 16.4 Å². The van der Waals surface area contributed by atoms with Crippen LogP contribution in [-0.2, 0) is 21.3 Å². The Morgan fingerprint density at radius 2 is 1.87 bits per heavy atom. The van der Waals surface area contributed by atoms with Crippen molar-refractivity contribution in [2.24, 2.45) is 0 Å². The second kappa shape index (κ2) is 10.2. The van der Waals surface area contributed by atoms with E-state index in [1.807, 2.05) is 19.1 Å². The largest absolute Gasteiger partial charge is 0.379 e. The Labute approximate surface area is 187 Å². The fourth-order valence-corrected chi connectivity index (χ4v) is 5.28. The van der Waals surface area contributed by atoms with E-state index < -0.39 is 10.0 Å². The second-order valence-corrected chi connectivity index (χ2v) is 9.51. The SMILES string of the molecule is CCCN(Cc1ccc(C#N)cc1)C(=O)c1ccc(Cl)c(S(=O)(=O)N2CCOCC2)c1. The fraction of sp³-hybridized carbons (Fsp3) is 0.364. The lowest BCUT2D eigenvalue weighted by atomic mass is 10.1. The number of carbonyl (C=O) groups excluding carboxylic acids is 1. The van der Waals surface area contributed by atoms with Crippen LogP contribution in [0.15, 0.2) is 47.4 Å². The number of nitriles is 1. The van der Waals surface area contributed by atoms with Crippen LogP contribution in [0.4, 0.5) is 0 Å². The van der Waals surface area contributed by atoms with E-state index in [-0.39, 0.29) is 34.5 Å². The first-order valence-electron chi connectivity index (χ1n) is 10.0. The van der Waals surface area contributed by atoms with Crippen LogP contribution >= 0.6 is 11.6 Å². The predicted molar refractivity (Wildman–Crippen MR) is 117 cm³/mol. The average Bonchev–Trinajstić information content (AvgIpc) is 2.79. The normalized spacial score (nSPS) is 14.7. The highest BCUT2D eigenvalue weighted by Gasteiger charge is 2.29. The molecule has 1 aliphatic rings. The number of nitrogens with zero attached hydrogens (tertiary/aromatic N) is 3. The van der Waals surface area contributed by atoms with Crippen molar-refractivity contribution in [2.45, 2.75) is 24.8 Å². The molecule has 0 aromatic heterocycles. The molecule has 0 atom stereocenters. The molecule has 0 bridgehead atoms. The van der Waals surface area contributed by atoms with E-state index in [9.17, 15) is 13.2 Å². The average molecular weight is 462 g/mol. The molecule has 1 heterocycles. The molecule has 0 aliphatic carbocycles. The molecule has 0 saturated carbocycles. The van der Waals surface area contributed by atoms with Crippen molar-refractivity contribution in [2.75, 3.05) is 32.8 Å². The van der Waals surface area contributed by atoms with Crippen LogP contribution in [0.3, 0.4) is 0 Å². The Morgan fingerprint density at radius 1 is 1.19 bits per heavy atom. The van der Waals surface area contributed by atoms with Gasteiger partial charge in [-0.1, -0.05) is 30.7 Å². The second-order valence-electron chi connectivity index (χ2n) is 7.20. The Kier molecular flexibility index (Phi) is 7.68. The zero-order chi connectivity index (χ0) is 22.4. The number of hydrogen-bond acceptors (Lipinski definition) is 5. The number of halogens is 1. The van der Waals surface area contributed by atoms with Gasteiger partial charge in [0, 0.05) is 31.7 Å². The van der Waals surface area contributed by atoms with E-state index in [0.717, 1.165) is 12.0 Å². The molecule has 31 heavy (non-hydrogen) atoms. The van der Waals surface area contributed by atoms with E-state index in [1.54, 1.807) is 23.1 Å². The van der Waals surface area contributed by atoms with Gasteiger partial charge in [0.1, 0.15) is 4.90 Å². The predicted octanol–water partition coefficient (Wildman–Crippen LogP) is 3.28. The molecule has 2 aromatic carbocycles. The van der Waals surface area contributed by atoms with Crippen LogP contribution in [0.1, 0.15) is 34.8 Å². The number of morpholine rings is 1. The fourth-order valence-electron chi connectivity index (χ4n) is 3.37. The number of sulfonamides is 1. The van der Waals surface area contributed by atoms with Gasteiger partial charge >= 0.3 is 0 Å². The molecule has 0 N–H and O–H groups in total. The van der Waals surface area contributed by atoms with Gasteiger partial charge in [-0.05, 0) is 42.3 Å². The van der Waals surface area contributed by atoms with Gasteiger partial charge in [0.05, 0.1) is 29.9 Å². The molecule has 1 fully saturated rings. The molecule has 1 aliphatic heterocycles. The van der Waals surface area contributed by atoms with Crippen molar-refractivity contribution in [1.82, 2.24) is 9.21 Å². The first-order valence-corrected chi connectivity index (χ1v) is 11.8. The van der Waals surface area contributed by atoms with Gasteiger partial charge in [-0.15, -0.1) is 0 Å². The summed E-state index contributed by atoms with van der Waals surface area (Å²) in [5.41, 5.74) is 1.70. The molecule has 0 radical (unpaired) electrons. The Bertz CT molecular complexity index is 1070. The molecule has 0 unspecified atom stereocenters. The van der Waals surface area contributed by atoms with Gasteiger partial charge in [-0.25, -0.2) is 8.42 Å². The molecule has 3 rings (SSSR count). The molecular weight excluding hydrogens is 438 g/mol. The van der Waals surface area contributed by atoms with Gasteiger partial charge in [0.2, 0.25) is 10.0 Å². The maximum Gasteiger partial charge on any atom is 0.254 e. The van der Waals surface area contributed by atoms with E-state index in [4.69, 9.17) is 21.6 Å². The Morgan fingerprint density at radius 3 is 2.48 bits per heavy atom. The van der Waals surface area contributed by atoms with Crippen molar-refractivity contribution in [3.63, 3.8) is 0 Å². The van der Waals surface area contributed by atoms with Gasteiger partial charge < -0.3 is 9.64 Å². The highest BCUT2D eigenvalue weighted by atomic mass is 35.5. The van der Waals surface area contributed by atoms with E-state index >= 15 is 0 Å². The summed E-state index contributed by atoms with van der Waals surface area (Å²) in [5, 5.41) is 9.04. The molecule has 9 heteroatoms. The van der Waals surface area contributed by atoms with Gasteiger partial charge in [-0.3, -0.25) is 4.79 Å². The third kappa shape index (κ3) is 5.43. The number of rotatable bonds is 7. The first kappa shape index (κ1) is 23.2. The summed E-state index contributed by atoms with van der Waals surface area (Å²) in [4.78, 5) is 14.8. The minimum absolute atomic E-state index is 0.0725. The molecule has 2 aromatic rings. The molecular formula is C22H24ClN3O4S. The molecule has 164 valence electrons. The summed E-state index contributed by atoms with van der Waals surface area (Å²) in [6.07, 6.45) is 0.745. The number of amides is 1.